The molecule has 3 N–H and O–H groups in total. The van der Waals surface area contributed by atoms with Crippen LogP contribution in [0.4, 0.5) is 0 Å². The van der Waals surface area contributed by atoms with Gasteiger partial charge in [-0.05, 0) is 6.92 Å². The first-order valence-electron chi connectivity index (χ1n) is 10.5. The van der Waals surface area contributed by atoms with Crippen molar-refractivity contribution in [1.29, 1.82) is 0 Å². The van der Waals surface area contributed by atoms with E-state index in [4.69, 9.17) is 19.8 Å². The van der Waals surface area contributed by atoms with Crippen LogP contribution in [-0.4, -0.2) is 57.3 Å². The maximum Gasteiger partial charge on any atom is 0.336 e. The molecule has 148 valence electrons. The van der Waals surface area contributed by atoms with Gasteiger partial charge in [0.15, 0.2) is 16.8 Å². The van der Waals surface area contributed by atoms with Crippen molar-refractivity contribution in [2.24, 2.45) is 21.0 Å². The van der Waals surface area contributed by atoms with Crippen molar-refractivity contribution in [3.8, 4) is 0 Å². The van der Waals surface area contributed by atoms with E-state index in [9.17, 15) is 29.1 Å². The third-order valence-electron chi connectivity index (χ3n) is 3.28. The monoisotopic (exact) mass is 391 g/mol. The van der Waals surface area contributed by atoms with Crippen LogP contribution in [-0.2, 0) is 35.4 Å². The largest absolute Gasteiger partial charge is 0.481 e. The molecule has 12 nitrogen and oxygen atoms in total. The first-order chi connectivity index (χ1) is 15.1. The van der Waals surface area contributed by atoms with E-state index in [-0.39, 0.29) is 10.2 Å². The van der Waals surface area contributed by atoms with Crippen LogP contribution < -0.4 is 11.2 Å². The molecule has 12 heteroatoms. The second-order valence-corrected chi connectivity index (χ2v) is 5.49. The second-order valence-electron chi connectivity index (χ2n) is 5.49. The average Bonchev–Trinajstić information content (AvgIpc) is 2.95. The zero-order valence-electron chi connectivity index (χ0n) is 21.1. The fourth-order valence-electron chi connectivity index (χ4n) is 2.03. The Bertz CT molecular complexity index is 1240. The molecule has 0 spiro atoms. The number of hydrogen-bond acceptors (Lipinski definition) is 7. The lowest BCUT2D eigenvalue weighted by Crippen LogP contribution is -2.42. The Kier molecular flexibility index (Phi) is 3.82. The van der Waals surface area contributed by atoms with Gasteiger partial charge in [0.05, 0.1) is 12.7 Å². The number of carboxylic acid groups (broad SMARTS) is 2. The normalized spacial score (nSPS) is 17.5. The molecule has 0 aliphatic rings. The molecule has 2 rings (SSSR count). The van der Waals surface area contributed by atoms with E-state index < -0.39 is 73.2 Å². The maximum absolute atomic E-state index is 12.2. The van der Waals surface area contributed by atoms with Crippen molar-refractivity contribution >= 4 is 28.9 Å². The summed E-state index contributed by atoms with van der Waals surface area (Å²) in [5.41, 5.74) is -5.96. The van der Waals surface area contributed by atoms with Crippen LogP contribution in [0.2, 0.25) is 0 Å². The lowest BCUT2D eigenvalue weighted by molar-refractivity contribution is -0.167. The van der Waals surface area contributed by atoms with Gasteiger partial charge >= 0.3 is 17.6 Å². The molecular formula is C15H20N4O8. The molecule has 0 aliphatic carbocycles. The fourth-order valence-corrected chi connectivity index (χ4v) is 2.03. The van der Waals surface area contributed by atoms with E-state index in [1.54, 1.807) is 0 Å². The molecule has 27 heavy (non-hydrogen) atoms. The number of ketones is 1. The summed E-state index contributed by atoms with van der Waals surface area (Å²) in [5, 5.41) is 26.0. The number of aliphatic carboxylic acids is 2. The smallest absolute Gasteiger partial charge is 0.336 e. The highest BCUT2D eigenvalue weighted by Crippen LogP contribution is 2.16. The Morgan fingerprint density at radius 1 is 1.22 bits per heavy atom. The molecule has 0 saturated heterocycles. The minimum absolute atomic E-state index is 0.0291. The summed E-state index contributed by atoms with van der Waals surface area (Å²) in [6, 6.07) is 0. The number of aryl methyl sites for hydroxylation is 2. The molecular weight excluding hydrogens is 364 g/mol. The molecule has 0 radical (unpaired) electrons. The number of carboxylic acids is 2. The number of rotatable bonds is 5. The molecule has 2 aromatic heterocycles. The van der Waals surface area contributed by atoms with Crippen LogP contribution >= 0.6 is 0 Å². The molecule has 2 aromatic rings. The highest BCUT2D eigenvalue weighted by Gasteiger charge is 2.39. The number of carbonyl (C=O) groups excluding carboxylic acids is 1. The molecule has 2 heterocycles. The lowest BCUT2D eigenvalue weighted by atomic mass is 9.94. The van der Waals surface area contributed by atoms with Gasteiger partial charge in [0.2, 0.25) is 0 Å². The number of aromatic nitrogens is 4. The van der Waals surface area contributed by atoms with Crippen LogP contribution in [0.5, 0.6) is 0 Å². The van der Waals surface area contributed by atoms with Gasteiger partial charge in [-0.2, -0.15) is 0 Å². The van der Waals surface area contributed by atoms with Crippen molar-refractivity contribution in [2.75, 3.05) is 0 Å². The number of aliphatic hydroxyl groups is 1. The van der Waals surface area contributed by atoms with E-state index in [0.717, 1.165) is 18.5 Å². The number of fused-ring (bicyclic) bond motifs is 1. The first kappa shape index (κ1) is 13.0. The van der Waals surface area contributed by atoms with E-state index in [0.29, 0.717) is 4.57 Å². The van der Waals surface area contributed by atoms with Crippen LogP contribution in [0.1, 0.15) is 29.4 Å². The van der Waals surface area contributed by atoms with Gasteiger partial charge in [-0.3, -0.25) is 23.5 Å². The molecule has 0 amide bonds. The van der Waals surface area contributed by atoms with E-state index in [1.165, 1.54) is 0 Å². The summed E-state index contributed by atoms with van der Waals surface area (Å²) < 4.78 is 52.2. The van der Waals surface area contributed by atoms with Crippen molar-refractivity contribution < 1.29 is 39.3 Å². The van der Waals surface area contributed by atoms with Crippen LogP contribution in [0.3, 0.4) is 0 Å². The Hall–Kier alpha value is -3.28. The lowest BCUT2D eigenvalue weighted by Gasteiger charge is -2.19. The summed E-state index contributed by atoms with van der Waals surface area (Å²) in [5.74, 6) is -3.75. The second kappa shape index (κ2) is 7.95. The molecule has 0 fully saturated rings. The quantitative estimate of drug-likeness (QED) is 0.532. The Morgan fingerprint density at radius 2 is 1.85 bits per heavy atom. The van der Waals surface area contributed by atoms with Crippen molar-refractivity contribution in [3.63, 3.8) is 0 Å². The Morgan fingerprint density at radius 3 is 2.30 bits per heavy atom. The molecule has 0 bridgehead atoms. The van der Waals surface area contributed by atoms with Crippen LogP contribution in [0, 0.1) is 0 Å². The van der Waals surface area contributed by atoms with Gasteiger partial charge in [0.1, 0.15) is 7.15 Å². The van der Waals surface area contributed by atoms with Gasteiger partial charge < -0.3 is 19.9 Å². The Labute approximate surface area is 161 Å². The van der Waals surface area contributed by atoms with Gasteiger partial charge in [-0.1, -0.05) is 0 Å². The molecule has 1 atom stereocenters. The minimum Gasteiger partial charge on any atom is -0.481 e. The van der Waals surface area contributed by atoms with Crippen LogP contribution in [0.15, 0.2) is 15.9 Å². The summed E-state index contributed by atoms with van der Waals surface area (Å²) in [6.45, 7) is -4.91. The van der Waals surface area contributed by atoms with Gasteiger partial charge in [0, 0.05) is 35.6 Å². The zero-order chi connectivity index (χ0) is 27.0. The van der Waals surface area contributed by atoms with E-state index >= 15 is 0 Å². The third-order valence-corrected chi connectivity index (χ3v) is 3.28. The van der Waals surface area contributed by atoms with Crippen molar-refractivity contribution in [2.45, 2.75) is 25.4 Å². The molecule has 0 aliphatic heterocycles. The van der Waals surface area contributed by atoms with E-state index in [2.05, 4.69) is 4.98 Å². The van der Waals surface area contributed by atoms with Gasteiger partial charge in [-0.15, -0.1) is 0 Å². The molecule has 0 aromatic carbocycles. The summed E-state index contributed by atoms with van der Waals surface area (Å²) >= 11 is 0. The zero-order valence-corrected chi connectivity index (χ0v) is 14.1. The van der Waals surface area contributed by atoms with Gasteiger partial charge in [0.25, 0.3) is 5.56 Å². The maximum atomic E-state index is 12.2. The third kappa shape index (κ3) is 4.67. The number of Topliss-reactive ketones (excluding diaryl/α,β-unsaturated/α-hetero) is 1. The van der Waals surface area contributed by atoms with Crippen molar-refractivity contribution in [3.05, 3.63) is 27.1 Å². The SMILES string of the molecule is CC(=O)CC(O)(CC(=O)O)C(=O)O.[2H]c1nc2c(c(=O)n(C([2H])([2H])[2H])c(=O)n2C)n1C([2H])([2H])[2H]. The standard InChI is InChI=1S/C8H10N4O2.C7H10O6/c1-10-4-9-6-5(10)7(13)12(3)8(14)11(6)2;1-4(8)2-7(13,6(11)12)3-5(9)10/h4H,1-3H3;13H,2-3H2,1H3,(H,9,10)(H,11,12)/i1D3,3D3,4D;. The number of carbonyl (C=O) groups is 3. The summed E-state index contributed by atoms with van der Waals surface area (Å²) in [4.78, 5) is 58.8. The highest BCUT2D eigenvalue weighted by molar-refractivity contribution is 5.90. The predicted molar refractivity (Wildman–Crippen MR) is 91.3 cm³/mol. The summed E-state index contributed by atoms with van der Waals surface area (Å²) in [6.07, 6.45) is -2.45. The Balaban J connectivity index is 0.000000385. The van der Waals surface area contributed by atoms with E-state index in [1.807, 2.05) is 0 Å². The predicted octanol–water partition coefficient (Wildman–Crippen LogP) is -1.77. The topological polar surface area (TPSA) is 174 Å². The first-order valence-corrected chi connectivity index (χ1v) is 7.04. The van der Waals surface area contributed by atoms with Crippen LogP contribution in [0.25, 0.3) is 11.2 Å². The van der Waals surface area contributed by atoms with Crippen molar-refractivity contribution in [1.82, 2.24) is 18.7 Å². The molecule has 1 unspecified atom stereocenters. The van der Waals surface area contributed by atoms with Gasteiger partial charge in [-0.25, -0.2) is 14.6 Å². The number of hydrogen-bond donors (Lipinski definition) is 3. The fraction of sp³-hybridized carbons (Fsp3) is 0.467. The molecule has 0 saturated carbocycles. The summed E-state index contributed by atoms with van der Waals surface area (Å²) in [7, 11) is 1.14. The highest BCUT2D eigenvalue weighted by atomic mass is 16.4. The minimum atomic E-state index is -3.08. The number of imidazole rings is 1. The average molecular weight is 391 g/mol. The number of nitrogens with zero attached hydrogens (tertiary/aromatic N) is 4.